The Bertz CT molecular complexity index is 461. The highest BCUT2D eigenvalue weighted by molar-refractivity contribution is 5.94. The average Bonchev–Trinajstić information content (AvgIpc) is 2.45. The van der Waals surface area contributed by atoms with Crippen molar-refractivity contribution in [2.45, 2.75) is 0 Å². The smallest absolute Gasteiger partial charge is 0.274 e. The van der Waals surface area contributed by atoms with Gasteiger partial charge in [-0.15, -0.1) is 0 Å². The maximum Gasteiger partial charge on any atom is 0.274 e. The molecule has 2 amide bonds. The lowest BCUT2D eigenvalue weighted by atomic mass is 10.2. The van der Waals surface area contributed by atoms with E-state index in [0.29, 0.717) is 17.1 Å². The molecule has 1 aromatic carbocycles. The third-order valence-electron chi connectivity index (χ3n) is 2.29. The summed E-state index contributed by atoms with van der Waals surface area (Å²) in [7, 11) is 4.45. The Morgan fingerprint density at radius 2 is 1.84 bits per heavy atom. The van der Waals surface area contributed by atoms with Crippen molar-refractivity contribution in [2.75, 3.05) is 27.9 Å². The van der Waals surface area contributed by atoms with E-state index in [1.165, 1.54) is 27.3 Å². The molecule has 0 saturated carbocycles. The van der Waals surface area contributed by atoms with Gasteiger partial charge in [0, 0.05) is 12.6 Å². The van der Waals surface area contributed by atoms with E-state index < -0.39 is 5.91 Å². The van der Waals surface area contributed by atoms with Gasteiger partial charge in [-0.2, -0.15) is 0 Å². The summed E-state index contributed by atoms with van der Waals surface area (Å²) in [5.74, 6) is 0.129. The molecule has 1 rings (SSSR count). The lowest BCUT2D eigenvalue weighted by Gasteiger charge is -2.09. The zero-order valence-electron chi connectivity index (χ0n) is 11.0. The van der Waals surface area contributed by atoms with Crippen LogP contribution in [0.3, 0.4) is 0 Å². The van der Waals surface area contributed by atoms with Gasteiger partial charge >= 0.3 is 0 Å². The van der Waals surface area contributed by atoms with Crippen LogP contribution in [0.25, 0.3) is 0 Å². The Hall–Kier alpha value is -2.28. The van der Waals surface area contributed by atoms with Gasteiger partial charge in [-0.25, -0.2) is 5.48 Å². The van der Waals surface area contributed by atoms with Crippen molar-refractivity contribution in [2.24, 2.45) is 0 Å². The summed E-state index contributed by atoms with van der Waals surface area (Å²) in [4.78, 5) is 27.4. The van der Waals surface area contributed by atoms with Crippen LogP contribution in [0.1, 0.15) is 10.4 Å². The van der Waals surface area contributed by atoms with Crippen molar-refractivity contribution >= 4 is 11.8 Å². The maximum atomic E-state index is 11.7. The monoisotopic (exact) mass is 268 g/mol. The molecule has 0 fully saturated rings. The van der Waals surface area contributed by atoms with E-state index in [-0.39, 0.29) is 12.5 Å². The van der Waals surface area contributed by atoms with Crippen LogP contribution in [0.15, 0.2) is 18.2 Å². The maximum absolute atomic E-state index is 11.7. The van der Waals surface area contributed by atoms with Crippen LogP contribution in [0.5, 0.6) is 11.5 Å². The normalized spacial score (nSPS) is 9.63. The van der Waals surface area contributed by atoms with Crippen LogP contribution in [0, 0.1) is 0 Å². The van der Waals surface area contributed by atoms with Crippen molar-refractivity contribution in [1.29, 1.82) is 0 Å². The fourth-order valence-electron chi connectivity index (χ4n) is 1.28. The van der Waals surface area contributed by atoms with Crippen LogP contribution in [0.2, 0.25) is 0 Å². The molecule has 7 heteroatoms. The van der Waals surface area contributed by atoms with Crippen molar-refractivity contribution in [3.8, 4) is 11.5 Å². The van der Waals surface area contributed by atoms with Gasteiger partial charge in [0.2, 0.25) is 5.91 Å². The Balaban J connectivity index is 2.64. The first-order valence-electron chi connectivity index (χ1n) is 5.47. The number of hydrogen-bond acceptors (Lipinski definition) is 5. The predicted molar refractivity (Wildman–Crippen MR) is 67.0 cm³/mol. The number of nitrogens with one attached hydrogen (secondary N) is 2. The highest BCUT2D eigenvalue weighted by Gasteiger charge is 2.11. The van der Waals surface area contributed by atoms with Gasteiger partial charge in [-0.1, -0.05) is 0 Å². The molecule has 0 saturated heterocycles. The van der Waals surface area contributed by atoms with E-state index in [1.54, 1.807) is 12.1 Å². The van der Waals surface area contributed by atoms with Crippen molar-refractivity contribution < 1.29 is 23.9 Å². The number of hydrogen-bond donors (Lipinski definition) is 2. The molecule has 1 aromatic rings. The van der Waals surface area contributed by atoms with Crippen LogP contribution < -0.4 is 20.3 Å². The highest BCUT2D eigenvalue weighted by atomic mass is 16.7. The number of methoxy groups -OCH3 is 2. The molecular weight excluding hydrogens is 252 g/mol. The first kappa shape index (κ1) is 14.8. The molecule has 19 heavy (non-hydrogen) atoms. The summed E-state index contributed by atoms with van der Waals surface area (Å²) in [6.07, 6.45) is 0. The minimum Gasteiger partial charge on any atom is -0.493 e. The van der Waals surface area contributed by atoms with Crippen LogP contribution in [0.4, 0.5) is 0 Å². The molecule has 0 heterocycles. The van der Waals surface area contributed by atoms with Crippen molar-refractivity contribution in [3.63, 3.8) is 0 Å². The Labute approximate surface area is 110 Å². The van der Waals surface area contributed by atoms with E-state index >= 15 is 0 Å². The van der Waals surface area contributed by atoms with Gasteiger partial charge in [-0.05, 0) is 18.2 Å². The third-order valence-corrected chi connectivity index (χ3v) is 2.29. The molecular formula is C12H16N2O5. The van der Waals surface area contributed by atoms with Gasteiger partial charge in [0.15, 0.2) is 18.1 Å². The first-order chi connectivity index (χ1) is 9.12. The molecule has 0 spiro atoms. The quantitative estimate of drug-likeness (QED) is 0.715. The largest absolute Gasteiger partial charge is 0.493 e. The van der Waals surface area contributed by atoms with Gasteiger partial charge in [0.1, 0.15) is 0 Å². The topological polar surface area (TPSA) is 85.9 Å². The van der Waals surface area contributed by atoms with Gasteiger partial charge in [0.25, 0.3) is 5.91 Å². The van der Waals surface area contributed by atoms with Crippen LogP contribution in [-0.2, 0) is 9.63 Å². The Morgan fingerprint density at radius 3 is 2.42 bits per heavy atom. The number of likely N-dealkylation sites (N-methyl/N-ethyl adjacent to an activating group) is 1. The molecule has 0 unspecified atom stereocenters. The van der Waals surface area contributed by atoms with Crippen LogP contribution >= 0.6 is 0 Å². The minimum atomic E-state index is -0.482. The van der Waals surface area contributed by atoms with Gasteiger partial charge < -0.3 is 14.8 Å². The zero-order valence-corrected chi connectivity index (χ0v) is 11.0. The van der Waals surface area contributed by atoms with E-state index in [1.807, 2.05) is 0 Å². The lowest BCUT2D eigenvalue weighted by Crippen LogP contribution is -2.31. The lowest BCUT2D eigenvalue weighted by molar-refractivity contribution is -0.126. The summed E-state index contributed by atoms with van der Waals surface area (Å²) >= 11 is 0. The Morgan fingerprint density at radius 1 is 1.16 bits per heavy atom. The predicted octanol–water partition coefficient (Wildman–Crippen LogP) is 0.111. The summed E-state index contributed by atoms with van der Waals surface area (Å²) in [5, 5.41) is 2.36. The van der Waals surface area contributed by atoms with Gasteiger partial charge in [0.05, 0.1) is 14.2 Å². The first-order valence-corrected chi connectivity index (χ1v) is 5.47. The molecule has 0 aliphatic heterocycles. The number of amides is 2. The van der Waals surface area contributed by atoms with Crippen molar-refractivity contribution in [3.05, 3.63) is 23.8 Å². The number of ether oxygens (including phenoxy) is 2. The number of hydroxylamine groups is 1. The second-order valence-electron chi connectivity index (χ2n) is 3.46. The second kappa shape index (κ2) is 7.22. The standard InChI is InChI=1S/C12H16N2O5/c1-13-11(15)7-19-14-12(16)8-4-5-9(17-2)10(6-8)18-3/h4-6H,7H2,1-3H3,(H,13,15)(H,14,16). The van der Waals surface area contributed by atoms with E-state index in [9.17, 15) is 9.59 Å². The van der Waals surface area contributed by atoms with Gasteiger partial charge in [-0.3, -0.25) is 14.4 Å². The SMILES string of the molecule is CNC(=O)CONC(=O)c1ccc(OC)c(OC)c1. The van der Waals surface area contributed by atoms with Crippen LogP contribution in [-0.4, -0.2) is 39.7 Å². The molecule has 0 aromatic heterocycles. The molecule has 104 valence electrons. The number of rotatable bonds is 6. The zero-order chi connectivity index (χ0) is 14.3. The van der Waals surface area contributed by atoms with E-state index in [0.717, 1.165) is 0 Å². The molecule has 0 radical (unpaired) electrons. The molecule has 0 aliphatic carbocycles. The number of carbonyl (C=O) groups is 2. The fraction of sp³-hybridized carbons (Fsp3) is 0.333. The summed E-state index contributed by atoms with van der Waals surface area (Å²) in [6, 6.07) is 4.67. The molecule has 2 N–H and O–H groups in total. The third kappa shape index (κ3) is 4.14. The molecule has 7 nitrogen and oxygen atoms in total. The van der Waals surface area contributed by atoms with E-state index in [4.69, 9.17) is 14.3 Å². The minimum absolute atomic E-state index is 0.254. The molecule has 0 bridgehead atoms. The highest BCUT2D eigenvalue weighted by Crippen LogP contribution is 2.27. The van der Waals surface area contributed by atoms with Crippen molar-refractivity contribution in [1.82, 2.24) is 10.8 Å². The molecule has 0 atom stereocenters. The Kier molecular flexibility index (Phi) is 5.62. The molecule has 0 aliphatic rings. The summed E-state index contributed by atoms with van der Waals surface area (Å²) in [6.45, 7) is -0.254. The number of benzene rings is 1. The second-order valence-corrected chi connectivity index (χ2v) is 3.46. The fourth-order valence-corrected chi connectivity index (χ4v) is 1.28. The van der Waals surface area contributed by atoms with E-state index in [2.05, 4.69) is 10.8 Å². The summed E-state index contributed by atoms with van der Waals surface area (Å²) in [5.41, 5.74) is 2.49. The number of carbonyl (C=O) groups excluding carboxylic acids is 2. The summed E-state index contributed by atoms with van der Waals surface area (Å²) < 4.78 is 10.1. The average molecular weight is 268 g/mol.